The minimum Gasteiger partial charge on any atom is -0.493 e. The molecule has 1 unspecified atom stereocenters. The molecule has 4 nitrogen and oxygen atoms in total. The molecule has 0 saturated heterocycles. The van der Waals surface area contributed by atoms with Crippen molar-refractivity contribution in [3.8, 4) is 11.5 Å². The summed E-state index contributed by atoms with van der Waals surface area (Å²) in [6, 6.07) is 3.88. The van der Waals surface area contributed by atoms with Crippen LogP contribution in [0.5, 0.6) is 11.5 Å². The van der Waals surface area contributed by atoms with Crippen LogP contribution in [0.1, 0.15) is 26.6 Å². The van der Waals surface area contributed by atoms with E-state index in [0.29, 0.717) is 29.2 Å². The summed E-state index contributed by atoms with van der Waals surface area (Å²) in [5, 5.41) is 0. The van der Waals surface area contributed by atoms with Crippen LogP contribution in [0.2, 0.25) is 0 Å². The topological polar surface area (TPSA) is 36.3 Å². The number of halogens is 1. The first-order valence-electron chi connectivity index (χ1n) is 7.18. The number of methoxy groups -OCH3 is 2. The van der Waals surface area contributed by atoms with Crippen molar-refractivity contribution in [2.75, 3.05) is 14.2 Å². The number of nitrogens with zero attached hydrogens (tertiary/aromatic N) is 2. The monoisotopic (exact) mass is 310 g/mol. The smallest absolute Gasteiger partial charge is 0.163 e. The van der Waals surface area contributed by atoms with Crippen molar-refractivity contribution < 1.29 is 9.47 Å². The Morgan fingerprint density at radius 2 is 1.76 bits per heavy atom. The fourth-order valence-electron chi connectivity index (χ4n) is 2.31. The molecule has 116 valence electrons. The van der Waals surface area contributed by atoms with Gasteiger partial charge in [0.1, 0.15) is 5.82 Å². The van der Waals surface area contributed by atoms with Crippen molar-refractivity contribution in [3.63, 3.8) is 0 Å². The van der Waals surface area contributed by atoms with Crippen molar-refractivity contribution in [1.29, 1.82) is 0 Å². The molecular formula is C16H23ClN2O2. The second kappa shape index (κ2) is 6.56. The van der Waals surface area contributed by atoms with E-state index in [4.69, 9.17) is 21.1 Å². The third-order valence-electron chi connectivity index (χ3n) is 4.06. The van der Waals surface area contributed by atoms with Crippen LogP contribution in [0.4, 0.5) is 0 Å². The Labute approximate surface area is 131 Å². The zero-order valence-electron chi connectivity index (χ0n) is 13.3. The molecular weight excluding hydrogens is 288 g/mol. The molecule has 1 aromatic carbocycles. The molecule has 0 aliphatic heterocycles. The number of imidazole rings is 1. The molecule has 2 rings (SSSR count). The van der Waals surface area contributed by atoms with Gasteiger partial charge in [-0.05, 0) is 11.8 Å². The lowest BCUT2D eigenvalue weighted by atomic mass is 9.98. The standard InChI is InChI=1S/C16H23ClN2O2/c1-10(2)11(3)9-19-13-7-15(21-5)14(20-4)6-12(13)18-16(19)8-17/h6-7,10-11H,8-9H2,1-5H3. The lowest BCUT2D eigenvalue weighted by Gasteiger charge is -2.18. The Hall–Kier alpha value is -1.42. The molecule has 21 heavy (non-hydrogen) atoms. The number of benzene rings is 1. The quantitative estimate of drug-likeness (QED) is 0.754. The van der Waals surface area contributed by atoms with Gasteiger partial charge in [0, 0.05) is 18.7 Å². The van der Waals surface area contributed by atoms with Gasteiger partial charge >= 0.3 is 0 Å². The molecule has 1 aromatic heterocycles. The molecule has 5 heteroatoms. The van der Waals surface area contributed by atoms with Crippen molar-refractivity contribution in [2.24, 2.45) is 11.8 Å². The van der Waals surface area contributed by atoms with E-state index < -0.39 is 0 Å². The molecule has 1 atom stereocenters. The van der Waals surface area contributed by atoms with Crippen LogP contribution < -0.4 is 9.47 Å². The third-order valence-corrected chi connectivity index (χ3v) is 4.30. The zero-order chi connectivity index (χ0) is 15.6. The van der Waals surface area contributed by atoms with Crippen LogP contribution in [0.3, 0.4) is 0 Å². The first-order chi connectivity index (χ1) is 10.0. The van der Waals surface area contributed by atoms with E-state index in [1.54, 1.807) is 14.2 Å². The summed E-state index contributed by atoms with van der Waals surface area (Å²) >= 11 is 6.07. The van der Waals surface area contributed by atoms with Gasteiger partial charge in [0.25, 0.3) is 0 Å². The lowest BCUT2D eigenvalue weighted by molar-refractivity contribution is 0.354. The van der Waals surface area contributed by atoms with Gasteiger partial charge in [0.15, 0.2) is 11.5 Å². The SMILES string of the molecule is COc1cc2nc(CCl)n(CC(C)C(C)C)c2cc1OC. The number of alkyl halides is 1. The van der Waals surface area contributed by atoms with E-state index in [-0.39, 0.29) is 0 Å². The molecule has 0 radical (unpaired) electrons. The van der Waals surface area contributed by atoms with Crippen molar-refractivity contribution in [2.45, 2.75) is 33.2 Å². The summed E-state index contributed by atoms with van der Waals surface area (Å²) in [5.74, 6) is 3.82. The molecule has 0 fully saturated rings. The van der Waals surface area contributed by atoms with Gasteiger partial charge in [-0.25, -0.2) is 4.98 Å². The van der Waals surface area contributed by atoms with Crippen LogP contribution in [-0.2, 0) is 12.4 Å². The van der Waals surface area contributed by atoms with Crippen molar-refractivity contribution in [1.82, 2.24) is 9.55 Å². The normalized spacial score (nSPS) is 12.9. The highest BCUT2D eigenvalue weighted by molar-refractivity contribution is 6.16. The predicted molar refractivity (Wildman–Crippen MR) is 86.4 cm³/mol. The molecule has 0 bridgehead atoms. The fourth-order valence-corrected chi connectivity index (χ4v) is 2.51. The zero-order valence-corrected chi connectivity index (χ0v) is 14.1. The first kappa shape index (κ1) is 16.0. The van der Waals surface area contributed by atoms with Gasteiger partial charge in [-0.3, -0.25) is 0 Å². The Bertz CT molecular complexity index is 622. The predicted octanol–water partition coefficient (Wildman–Crippen LogP) is 4.08. The molecule has 0 saturated carbocycles. The Morgan fingerprint density at radius 1 is 1.14 bits per heavy atom. The van der Waals surface area contributed by atoms with Crippen LogP contribution in [0, 0.1) is 11.8 Å². The number of hydrogen-bond acceptors (Lipinski definition) is 3. The number of aromatic nitrogens is 2. The minimum atomic E-state index is 0.393. The van der Waals surface area contributed by atoms with Gasteiger partial charge in [0.2, 0.25) is 0 Å². The molecule has 1 heterocycles. The van der Waals surface area contributed by atoms with Gasteiger partial charge in [0.05, 0.1) is 31.1 Å². The van der Waals surface area contributed by atoms with Crippen molar-refractivity contribution >= 4 is 22.6 Å². The molecule has 0 spiro atoms. The van der Waals surface area contributed by atoms with Crippen molar-refractivity contribution in [3.05, 3.63) is 18.0 Å². The summed E-state index contributed by atoms with van der Waals surface area (Å²) in [4.78, 5) is 4.62. The van der Waals surface area contributed by atoms with E-state index >= 15 is 0 Å². The maximum absolute atomic E-state index is 6.07. The summed E-state index contributed by atoms with van der Waals surface area (Å²) in [5.41, 5.74) is 1.93. The number of rotatable bonds is 6. The third kappa shape index (κ3) is 3.10. The summed E-state index contributed by atoms with van der Waals surface area (Å²) in [6.07, 6.45) is 0. The maximum atomic E-state index is 6.07. The average molecular weight is 311 g/mol. The second-order valence-electron chi connectivity index (χ2n) is 5.69. The number of fused-ring (bicyclic) bond motifs is 1. The first-order valence-corrected chi connectivity index (χ1v) is 7.72. The van der Waals surface area contributed by atoms with E-state index in [2.05, 4.69) is 30.3 Å². The Kier molecular flexibility index (Phi) is 4.99. The average Bonchev–Trinajstić information content (AvgIpc) is 2.82. The van der Waals surface area contributed by atoms with Gasteiger partial charge in [-0.2, -0.15) is 0 Å². The second-order valence-corrected chi connectivity index (χ2v) is 5.96. The summed E-state index contributed by atoms with van der Waals surface area (Å²) in [6.45, 7) is 7.60. The largest absolute Gasteiger partial charge is 0.493 e. The molecule has 0 N–H and O–H groups in total. The Balaban J connectivity index is 2.56. The maximum Gasteiger partial charge on any atom is 0.163 e. The van der Waals surface area contributed by atoms with E-state index in [1.807, 2.05) is 12.1 Å². The highest BCUT2D eigenvalue weighted by Gasteiger charge is 2.17. The van der Waals surface area contributed by atoms with Gasteiger partial charge in [-0.15, -0.1) is 11.6 Å². The van der Waals surface area contributed by atoms with Crippen LogP contribution in [0.25, 0.3) is 11.0 Å². The van der Waals surface area contributed by atoms with E-state index in [9.17, 15) is 0 Å². The van der Waals surface area contributed by atoms with Crippen LogP contribution in [0.15, 0.2) is 12.1 Å². The summed E-state index contributed by atoms with van der Waals surface area (Å²) < 4.78 is 12.9. The van der Waals surface area contributed by atoms with E-state index in [1.165, 1.54) is 0 Å². The number of hydrogen-bond donors (Lipinski definition) is 0. The van der Waals surface area contributed by atoms with Gasteiger partial charge < -0.3 is 14.0 Å². The molecule has 2 aromatic rings. The summed E-state index contributed by atoms with van der Waals surface area (Å²) in [7, 11) is 3.27. The highest BCUT2D eigenvalue weighted by atomic mass is 35.5. The highest BCUT2D eigenvalue weighted by Crippen LogP contribution is 2.33. The van der Waals surface area contributed by atoms with Gasteiger partial charge in [-0.1, -0.05) is 20.8 Å². The fraction of sp³-hybridized carbons (Fsp3) is 0.562. The molecule has 0 aliphatic rings. The van der Waals surface area contributed by atoms with Crippen LogP contribution in [-0.4, -0.2) is 23.8 Å². The minimum absolute atomic E-state index is 0.393. The lowest BCUT2D eigenvalue weighted by Crippen LogP contribution is -2.14. The Morgan fingerprint density at radius 3 is 2.29 bits per heavy atom. The van der Waals surface area contributed by atoms with E-state index in [0.717, 1.165) is 23.4 Å². The molecule has 0 amide bonds. The van der Waals surface area contributed by atoms with Crippen LogP contribution >= 0.6 is 11.6 Å². The molecule has 0 aliphatic carbocycles. The number of ether oxygens (including phenoxy) is 2.